The number of hydrogen-bond donors (Lipinski definition) is 2. The molecule has 1 heterocycles. The molecule has 0 saturated heterocycles. The van der Waals surface area contributed by atoms with Gasteiger partial charge in [0.2, 0.25) is 0 Å². The SMILES string of the molecule is Cc1ccc2c(N)c(C(=O)NC3CCCCC3)sc2c1. The largest absolute Gasteiger partial charge is 0.397 e. The van der Waals surface area contributed by atoms with E-state index in [1.165, 1.54) is 36.2 Å². The summed E-state index contributed by atoms with van der Waals surface area (Å²) in [6, 6.07) is 6.46. The van der Waals surface area contributed by atoms with E-state index in [2.05, 4.69) is 18.3 Å². The minimum atomic E-state index is -0.00625. The van der Waals surface area contributed by atoms with Crippen molar-refractivity contribution in [2.24, 2.45) is 0 Å². The van der Waals surface area contributed by atoms with Crippen LogP contribution < -0.4 is 11.1 Å². The van der Waals surface area contributed by atoms with Crippen LogP contribution in [0.3, 0.4) is 0 Å². The van der Waals surface area contributed by atoms with Crippen molar-refractivity contribution in [3.63, 3.8) is 0 Å². The number of fused-ring (bicyclic) bond motifs is 1. The predicted molar refractivity (Wildman–Crippen MR) is 85.3 cm³/mol. The molecule has 1 aromatic heterocycles. The monoisotopic (exact) mass is 288 g/mol. The van der Waals surface area contributed by atoms with Gasteiger partial charge in [-0.25, -0.2) is 0 Å². The predicted octanol–water partition coefficient (Wildman–Crippen LogP) is 3.85. The lowest BCUT2D eigenvalue weighted by molar-refractivity contribution is 0.0933. The standard InChI is InChI=1S/C16H20N2OS/c1-10-7-8-12-13(9-10)20-15(14(12)17)16(19)18-11-5-3-2-4-6-11/h7-9,11H,2-6,17H2,1H3,(H,18,19). The molecule has 106 valence electrons. The third-order valence-electron chi connectivity index (χ3n) is 4.03. The number of aryl methyl sites for hydroxylation is 1. The lowest BCUT2D eigenvalue weighted by Crippen LogP contribution is -2.36. The van der Waals surface area contributed by atoms with Crippen molar-refractivity contribution in [1.29, 1.82) is 0 Å². The van der Waals surface area contributed by atoms with E-state index in [-0.39, 0.29) is 5.91 Å². The van der Waals surface area contributed by atoms with Crippen molar-refractivity contribution < 1.29 is 4.79 Å². The number of carbonyl (C=O) groups excluding carboxylic acids is 1. The molecule has 20 heavy (non-hydrogen) atoms. The van der Waals surface area contributed by atoms with E-state index in [9.17, 15) is 4.79 Å². The summed E-state index contributed by atoms with van der Waals surface area (Å²) in [6.07, 6.45) is 5.90. The summed E-state index contributed by atoms with van der Waals surface area (Å²) in [5.74, 6) is -0.00625. The molecule has 1 aromatic carbocycles. The number of nitrogens with one attached hydrogen (secondary N) is 1. The molecule has 0 atom stereocenters. The third-order valence-corrected chi connectivity index (χ3v) is 5.20. The summed E-state index contributed by atoms with van der Waals surface area (Å²) in [4.78, 5) is 13.1. The van der Waals surface area contributed by atoms with E-state index in [0.717, 1.165) is 22.9 Å². The van der Waals surface area contributed by atoms with Gasteiger partial charge in [0, 0.05) is 16.1 Å². The highest BCUT2D eigenvalue weighted by Crippen LogP contribution is 2.34. The normalized spacial score (nSPS) is 16.4. The van der Waals surface area contributed by atoms with Crippen LogP contribution in [-0.2, 0) is 0 Å². The fourth-order valence-electron chi connectivity index (χ4n) is 2.89. The Morgan fingerprint density at radius 2 is 2.05 bits per heavy atom. The zero-order valence-electron chi connectivity index (χ0n) is 11.7. The second-order valence-corrected chi connectivity index (χ2v) is 6.71. The Morgan fingerprint density at radius 3 is 2.80 bits per heavy atom. The number of thiophene rings is 1. The fraction of sp³-hybridized carbons (Fsp3) is 0.438. The average Bonchev–Trinajstić information content (AvgIpc) is 2.76. The maximum absolute atomic E-state index is 12.4. The Bertz CT molecular complexity index is 641. The molecule has 3 rings (SSSR count). The summed E-state index contributed by atoms with van der Waals surface area (Å²) >= 11 is 1.50. The lowest BCUT2D eigenvalue weighted by atomic mass is 9.95. The minimum absolute atomic E-state index is 0.00625. The first-order valence-corrected chi connectivity index (χ1v) is 8.06. The zero-order chi connectivity index (χ0) is 14.1. The Hall–Kier alpha value is -1.55. The number of nitrogen functional groups attached to an aromatic ring is 1. The van der Waals surface area contributed by atoms with E-state index in [1.807, 2.05) is 12.1 Å². The highest BCUT2D eigenvalue weighted by atomic mass is 32.1. The van der Waals surface area contributed by atoms with Gasteiger partial charge in [-0.1, -0.05) is 31.4 Å². The van der Waals surface area contributed by atoms with Crippen molar-refractivity contribution in [2.45, 2.75) is 45.1 Å². The summed E-state index contributed by atoms with van der Waals surface area (Å²) < 4.78 is 1.09. The Kier molecular flexibility index (Phi) is 3.66. The van der Waals surface area contributed by atoms with Crippen molar-refractivity contribution in [3.05, 3.63) is 28.6 Å². The highest BCUT2D eigenvalue weighted by molar-refractivity contribution is 7.21. The minimum Gasteiger partial charge on any atom is -0.397 e. The second-order valence-electron chi connectivity index (χ2n) is 5.65. The van der Waals surface area contributed by atoms with Crippen LogP contribution in [0.4, 0.5) is 5.69 Å². The molecule has 3 nitrogen and oxygen atoms in total. The molecule has 4 heteroatoms. The van der Waals surface area contributed by atoms with E-state index in [1.54, 1.807) is 0 Å². The Balaban J connectivity index is 1.85. The first-order chi connectivity index (χ1) is 9.65. The van der Waals surface area contributed by atoms with Gasteiger partial charge in [-0.3, -0.25) is 4.79 Å². The number of benzene rings is 1. The zero-order valence-corrected chi connectivity index (χ0v) is 12.6. The van der Waals surface area contributed by atoms with Crippen molar-refractivity contribution in [2.75, 3.05) is 5.73 Å². The van der Waals surface area contributed by atoms with Crippen molar-refractivity contribution in [1.82, 2.24) is 5.32 Å². The number of nitrogens with two attached hydrogens (primary N) is 1. The maximum atomic E-state index is 12.4. The van der Waals surface area contributed by atoms with Gasteiger partial charge >= 0.3 is 0 Å². The van der Waals surface area contributed by atoms with E-state index >= 15 is 0 Å². The molecule has 3 N–H and O–H groups in total. The Morgan fingerprint density at radius 1 is 1.30 bits per heavy atom. The molecule has 1 aliphatic rings. The van der Waals surface area contributed by atoms with Crippen LogP contribution in [0.25, 0.3) is 10.1 Å². The topological polar surface area (TPSA) is 55.1 Å². The van der Waals surface area contributed by atoms with Gasteiger partial charge in [0.15, 0.2) is 0 Å². The molecule has 1 amide bonds. The smallest absolute Gasteiger partial charge is 0.263 e. The van der Waals surface area contributed by atoms with Crippen LogP contribution in [-0.4, -0.2) is 11.9 Å². The number of carbonyl (C=O) groups is 1. The van der Waals surface area contributed by atoms with Crippen LogP contribution in [0, 0.1) is 6.92 Å². The van der Waals surface area contributed by atoms with Crippen LogP contribution in [0.15, 0.2) is 18.2 Å². The van der Waals surface area contributed by atoms with Gasteiger partial charge in [0.25, 0.3) is 5.91 Å². The van der Waals surface area contributed by atoms with Gasteiger partial charge < -0.3 is 11.1 Å². The average molecular weight is 288 g/mol. The molecular formula is C16H20N2OS. The van der Waals surface area contributed by atoms with Gasteiger partial charge in [0.1, 0.15) is 4.88 Å². The first kappa shape index (κ1) is 13.4. The third kappa shape index (κ3) is 2.52. The van der Waals surface area contributed by atoms with Crippen LogP contribution in [0.2, 0.25) is 0 Å². The summed E-state index contributed by atoms with van der Waals surface area (Å²) in [6.45, 7) is 2.05. The van der Waals surface area contributed by atoms with Crippen molar-refractivity contribution >= 4 is 33.0 Å². The van der Waals surface area contributed by atoms with E-state index < -0.39 is 0 Å². The van der Waals surface area contributed by atoms with Crippen LogP contribution >= 0.6 is 11.3 Å². The second kappa shape index (κ2) is 5.44. The fourth-order valence-corrected chi connectivity index (χ4v) is 4.01. The summed E-state index contributed by atoms with van der Waals surface area (Å²) in [5.41, 5.74) is 7.96. The first-order valence-electron chi connectivity index (χ1n) is 7.24. The quantitative estimate of drug-likeness (QED) is 0.881. The number of hydrogen-bond acceptors (Lipinski definition) is 3. The van der Waals surface area contributed by atoms with Gasteiger partial charge in [-0.2, -0.15) is 0 Å². The molecule has 0 aliphatic heterocycles. The van der Waals surface area contributed by atoms with Crippen LogP contribution in [0.5, 0.6) is 0 Å². The van der Waals surface area contributed by atoms with Crippen molar-refractivity contribution in [3.8, 4) is 0 Å². The molecular weight excluding hydrogens is 268 g/mol. The molecule has 0 spiro atoms. The summed E-state index contributed by atoms with van der Waals surface area (Å²) in [5, 5.41) is 4.14. The Labute approximate surface area is 123 Å². The molecule has 0 unspecified atom stereocenters. The summed E-state index contributed by atoms with van der Waals surface area (Å²) in [7, 11) is 0. The molecule has 1 fully saturated rings. The molecule has 1 aliphatic carbocycles. The lowest BCUT2D eigenvalue weighted by Gasteiger charge is -2.22. The van der Waals surface area contributed by atoms with Gasteiger partial charge in [0.05, 0.1) is 5.69 Å². The van der Waals surface area contributed by atoms with Gasteiger partial charge in [-0.05, 0) is 31.4 Å². The van der Waals surface area contributed by atoms with Gasteiger partial charge in [-0.15, -0.1) is 11.3 Å². The van der Waals surface area contributed by atoms with E-state index in [0.29, 0.717) is 16.6 Å². The maximum Gasteiger partial charge on any atom is 0.263 e. The van der Waals surface area contributed by atoms with Crippen LogP contribution in [0.1, 0.15) is 47.3 Å². The molecule has 2 aromatic rings. The van der Waals surface area contributed by atoms with E-state index in [4.69, 9.17) is 5.73 Å². The highest BCUT2D eigenvalue weighted by Gasteiger charge is 2.20. The molecule has 1 saturated carbocycles. The molecule has 0 bridgehead atoms. The number of amides is 1. The number of anilines is 1. The molecule has 0 radical (unpaired) electrons. The number of rotatable bonds is 2.